The summed E-state index contributed by atoms with van der Waals surface area (Å²) in [5.74, 6) is 3.73. The van der Waals surface area contributed by atoms with Crippen LogP contribution in [0.2, 0.25) is 0 Å². The maximum atomic E-state index is 5.44. The maximum Gasteiger partial charge on any atom is 0.230 e. The second-order valence-electron chi connectivity index (χ2n) is 6.12. The van der Waals surface area contributed by atoms with Gasteiger partial charge in [0.2, 0.25) is 5.89 Å². The van der Waals surface area contributed by atoms with Gasteiger partial charge in [-0.1, -0.05) is 42.4 Å². The molecule has 5 nitrogen and oxygen atoms in total. The first-order valence-electron chi connectivity index (χ1n) is 7.62. The predicted octanol–water partition coefficient (Wildman–Crippen LogP) is 3.33. The minimum atomic E-state index is 0.511. The molecule has 0 aromatic carbocycles. The third-order valence-electron chi connectivity index (χ3n) is 4.73. The van der Waals surface area contributed by atoms with E-state index < -0.39 is 0 Å². The van der Waals surface area contributed by atoms with Crippen LogP contribution in [0.3, 0.4) is 0 Å². The van der Waals surface area contributed by atoms with Crippen molar-refractivity contribution in [2.45, 2.75) is 50.9 Å². The molecule has 20 heavy (non-hydrogen) atoms. The Morgan fingerprint density at radius 3 is 2.85 bits per heavy atom. The molecule has 2 saturated carbocycles. The molecule has 2 fully saturated rings. The average molecular weight is 273 g/mol. The molecule has 0 unspecified atom stereocenters. The van der Waals surface area contributed by atoms with Crippen LogP contribution in [0.25, 0.3) is 0 Å². The minimum Gasteiger partial charge on any atom is -0.364 e. The van der Waals surface area contributed by atoms with Crippen molar-refractivity contribution in [3.05, 3.63) is 29.7 Å². The zero-order chi connectivity index (χ0) is 13.4. The van der Waals surface area contributed by atoms with Gasteiger partial charge in [0.1, 0.15) is 6.26 Å². The second-order valence-corrected chi connectivity index (χ2v) is 6.12. The van der Waals surface area contributed by atoms with Crippen LogP contribution >= 0.6 is 0 Å². The molecule has 0 aliphatic heterocycles. The first-order chi connectivity index (χ1) is 9.90. The molecule has 2 atom stereocenters. The van der Waals surface area contributed by atoms with Gasteiger partial charge in [0, 0.05) is 12.0 Å². The highest BCUT2D eigenvalue weighted by Gasteiger charge is 2.47. The highest BCUT2D eigenvalue weighted by molar-refractivity contribution is 5.11. The predicted molar refractivity (Wildman–Crippen MR) is 71.0 cm³/mol. The Balaban J connectivity index is 1.39. The summed E-state index contributed by atoms with van der Waals surface area (Å²) in [6.45, 7) is 0. The van der Waals surface area contributed by atoms with Crippen LogP contribution in [0.4, 0.5) is 0 Å². The third kappa shape index (κ3) is 2.37. The summed E-state index contributed by atoms with van der Waals surface area (Å²) in [6, 6.07) is 1.83. The third-order valence-corrected chi connectivity index (χ3v) is 4.73. The van der Waals surface area contributed by atoms with Crippen molar-refractivity contribution in [2.75, 3.05) is 0 Å². The van der Waals surface area contributed by atoms with Gasteiger partial charge in [-0.05, 0) is 18.3 Å². The molecule has 106 valence electrons. The van der Waals surface area contributed by atoms with Crippen LogP contribution in [0.1, 0.15) is 61.9 Å². The summed E-state index contributed by atoms with van der Waals surface area (Å²) in [6.07, 6.45) is 10.4. The average Bonchev–Trinajstić information content (AvgIpc) is 2.89. The second kappa shape index (κ2) is 5.04. The summed E-state index contributed by atoms with van der Waals surface area (Å²) in [7, 11) is 0. The summed E-state index contributed by atoms with van der Waals surface area (Å²) >= 11 is 0. The minimum absolute atomic E-state index is 0.511. The molecular formula is C15H19N3O2. The van der Waals surface area contributed by atoms with Crippen LogP contribution in [0, 0.1) is 11.8 Å². The lowest BCUT2D eigenvalue weighted by atomic mass is 9.85. The molecule has 2 aliphatic carbocycles. The fourth-order valence-corrected chi connectivity index (χ4v) is 3.56. The zero-order valence-corrected chi connectivity index (χ0v) is 11.5. The van der Waals surface area contributed by atoms with E-state index in [0.717, 1.165) is 23.4 Å². The monoisotopic (exact) mass is 273 g/mol. The molecule has 0 spiro atoms. The van der Waals surface area contributed by atoms with Gasteiger partial charge in [0.05, 0.1) is 12.1 Å². The Morgan fingerprint density at radius 2 is 2.05 bits per heavy atom. The van der Waals surface area contributed by atoms with Crippen LogP contribution in [0.5, 0.6) is 0 Å². The van der Waals surface area contributed by atoms with Crippen molar-refractivity contribution in [1.29, 1.82) is 0 Å². The normalized spacial score (nSPS) is 26.8. The van der Waals surface area contributed by atoms with Crippen LogP contribution in [-0.4, -0.2) is 15.3 Å². The van der Waals surface area contributed by atoms with Gasteiger partial charge < -0.3 is 9.05 Å². The highest BCUT2D eigenvalue weighted by Crippen LogP contribution is 2.54. The van der Waals surface area contributed by atoms with Crippen molar-refractivity contribution in [3.63, 3.8) is 0 Å². The molecule has 2 aromatic rings. The Labute approximate surface area is 117 Å². The van der Waals surface area contributed by atoms with E-state index in [4.69, 9.17) is 9.05 Å². The van der Waals surface area contributed by atoms with Crippen LogP contribution in [0.15, 0.2) is 21.4 Å². The van der Waals surface area contributed by atoms with E-state index in [1.54, 1.807) is 6.26 Å². The van der Waals surface area contributed by atoms with Crippen LogP contribution < -0.4 is 0 Å². The number of rotatable bonds is 4. The maximum absolute atomic E-state index is 5.44. The van der Waals surface area contributed by atoms with E-state index in [0.29, 0.717) is 18.2 Å². The fraction of sp³-hybridized carbons (Fsp3) is 0.667. The largest absolute Gasteiger partial charge is 0.364 e. The standard InChI is InChI=1S/C15H19N3O2/c1-2-4-10(5-3-1)12-9-13(12)15-16-14(18-20-15)8-11-6-7-19-17-11/h6-7,10,12-13H,1-5,8-9H2/t12-,13+/m1/s1. The molecule has 0 bridgehead atoms. The topological polar surface area (TPSA) is 65.0 Å². The molecular weight excluding hydrogens is 254 g/mol. The van der Waals surface area contributed by atoms with Gasteiger partial charge in [0.15, 0.2) is 5.82 Å². The van der Waals surface area contributed by atoms with E-state index in [1.165, 1.54) is 38.5 Å². The van der Waals surface area contributed by atoms with E-state index in [-0.39, 0.29) is 0 Å². The van der Waals surface area contributed by atoms with Gasteiger partial charge >= 0.3 is 0 Å². The van der Waals surface area contributed by atoms with Gasteiger partial charge in [-0.3, -0.25) is 0 Å². The lowest BCUT2D eigenvalue weighted by Gasteiger charge is -2.21. The van der Waals surface area contributed by atoms with E-state index in [1.807, 2.05) is 6.07 Å². The quantitative estimate of drug-likeness (QED) is 0.854. The summed E-state index contributed by atoms with van der Waals surface area (Å²) in [5.41, 5.74) is 0.844. The van der Waals surface area contributed by atoms with E-state index >= 15 is 0 Å². The fourth-order valence-electron chi connectivity index (χ4n) is 3.56. The Morgan fingerprint density at radius 1 is 1.15 bits per heavy atom. The lowest BCUT2D eigenvalue weighted by Crippen LogP contribution is -2.09. The van der Waals surface area contributed by atoms with Gasteiger partial charge in [-0.15, -0.1) is 0 Å². The number of nitrogens with zero attached hydrogens (tertiary/aromatic N) is 3. The number of hydrogen-bond acceptors (Lipinski definition) is 5. The molecule has 2 aliphatic rings. The van der Waals surface area contributed by atoms with E-state index in [2.05, 4.69) is 15.3 Å². The summed E-state index contributed by atoms with van der Waals surface area (Å²) in [5, 5.41) is 7.94. The first-order valence-corrected chi connectivity index (χ1v) is 7.62. The zero-order valence-electron chi connectivity index (χ0n) is 11.5. The van der Waals surface area contributed by atoms with Crippen molar-refractivity contribution in [2.24, 2.45) is 11.8 Å². The van der Waals surface area contributed by atoms with Gasteiger partial charge in [-0.2, -0.15) is 4.98 Å². The Bertz CT molecular complexity index is 557. The van der Waals surface area contributed by atoms with E-state index in [9.17, 15) is 0 Å². The Hall–Kier alpha value is -1.65. The van der Waals surface area contributed by atoms with Gasteiger partial charge in [0.25, 0.3) is 0 Å². The smallest absolute Gasteiger partial charge is 0.230 e. The van der Waals surface area contributed by atoms with Crippen LogP contribution in [-0.2, 0) is 6.42 Å². The highest BCUT2D eigenvalue weighted by atomic mass is 16.5. The molecule has 0 amide bonds. The summed E-state index contributed by atoms with van der Waals surface area (Å²) in [4.78, 5) is 4.53. The SMILES string of the molecule is c1cc(Cc2noc([C@H]3C[C@@H]3C3CCCCC3)n2)no1. The molecule has 5 heteroatoms. The van der Waals surface area contributed by atoms with Crippen molar-refractivity contribution < 1.29 is 9.05 Å². The van der Waals surface area contributed by atoms with Crippen molar-refractivity contribution >= 4 is 0 Å². The Kier molecular flexibility index (Phi) is 3.05. The molecule has 0 radical (unpaired) electrons. The molecule has 0 N–H and O–H groups in total. The lowest BCUT2D eigenvalue weighted by molar-refractivity contribution is 0.305. The molecule has 2 heterocycles. The van der Waals surface area contributed by atoms with Crippen molar-refractivity contribution in [3.8, 4) is 0 Å². The molecule has 4 rings (SSSR count). The number of aromatic nitrogens is 3. The number of hydrogen-bond donors (Lipinski definition) is 0. The van der Waals surface area contributed by atoms with Gasteiger partial charge in [-0.25, -0.2) is 0 Å². The van der Waals surface area contributed by atoms with Crippen molar-refractivity contribution in [1.82, 2.24) is 15.3 Å². The molecule has 0 saturated heterocycles. The summed E-state index contributed by atoms with van der Waals surface area (Å²) < 4.78 is 10.3. The molecule has 2 aromatic heterocycles. The first kappa shape index (κ1) is 12.1.